The van der Waals surface area contributed by atoms with E-state index in [0.717, 1.165) is 23.8 Å². The number of anilines is 1. The Hall–Kier alpha value is -0.910. The van der Waals surface area contributed by atoms with E-state index in [2.05, 4.69) is 40.7 Å². The van der Waals surface area contributed by atoms with Crippen molar-refractivity contribution in [3.05, 3.63) is 33.0 Å². The van der Waals surface area contributed by atoms with Gasteiger partial charge in [0.05, 0.1) is 5.69 Å². The maximum absolute atomic E-state index is 5.73. The van der Waals surface area contributed by atoms with Crippen LogP contribution in [-0.4, -0.2) is 12.0 Å². The molecule has 0 aliphatic heterocycles. The van der Waals surface area contributed by atoms with Crippen molar-refractivity contribution in [2.75, 3.05) is 11.9 Å². The van der Waals surface area contributed by atoms with Gasteiger partial charge >= 0.3 is 0 Å². The molecule has 3 nitrogen and oxygen atoms in total. The number of thiazole rings is 1. The van der Waals surface area contributed by atoms with E-state index in [-0.39, 0.29) is 0 Å². The summed E-state index contributed by atoms with van der Waals surface area (Å²) in [6, 6.07) is 2.15. The molecule has 2 aromatic rings. The standard InChI is InChI=1S/C12H17N3S2/c1-3-10-11(6-13)17-12(14-10)15(2)7-9-4-5-16-8-9/h4-5,8H,3,6-7,13H2,1-2H3. The van der Waals surface area contributed by atoms with Crippen LogP contribution in [0.25, 0.3) is 0 Å². The van der Waals surface area contributed by atoms with Crippen LogP contribution in [0.4, 0.5) is 5.13 Å². The van der Waals surface area contributed by atoms with Gasteiger partial charge in [-0.25, -0.2) is 4.98 Å². The Morgan fingerprint density at radius 3 is 2.82 bits per heavy atom. The Morgan fingerprint density at radius 2 is 2.29 bits per heavy atom. The molecule has 0 amide bonds. The molecule has 0 bridgehead atoms. The Balaban J connectivity index is 2.13. The van der Waals surface area contributed by atoms with Gasteiger partial charge in [-0.3, -0.25) is 0 Å². The van der Waals surface area contributed by atoms with Crippen LogP contribution in [-0.2, 0) is 19.5 Å². The van der Waals surface area contributed by atoms with E-state index in [1.807, 2.05) is 0 Å². The van der Waals surface area contributed by atoms with E-state index in [1.165, 1.54) is 10.4 Å². The van der Waals surface area contributed by atoms with E-state index in [0.29, 0.717) is 6.54 Å². The summed E-state index contributed by atoms with van der Waals surface area (Å²) >= 11 is 3.44. The number of thiophene rings is 1. The number of nitrogens with zero attached hydrogens (tertiary/aromatic N) is 2. The SMILES string of the molecule is CCc1nc(N(C)Cc2ccsc2)sc1CN. The van der Waals surface area contributed by atoms with Crippen LogP contribution in [0.3, 0.4) is 0 Å². The van der Waals surface area contributed by atoms with Gasteiger partial charge in [-0.1, -0.05) is 6.92 Å². The molecule has 5 heteroatoms. The summed E-state index contributed by atoms with van der Waals surface area (Å²) in [5, 5.41) is 5.34. The van der Waals surface area contributed by atoms with Gasteiger partial charge in [0.25, 0.3) is 0 Å². The Bertz CT molecular complexity index is 441. The van der Waals surface area contributed by atoms with Gasteiger partial charge in [0.1, 0.15) is 0 Å². The predicted molar refractivity (Wildman–Crippen MR) is 75.8 cm³/mol. The Labute approximate surface area is 110 Å². The minimum Gasteiger partial charge on any atom is -0.347 e. The van der Waals surface area contributed by atoms with Crippen LogP contribution in [0.2, 0.25) is 0 Å². The van der Waals surface area contributed by atoms with Crippen molar-refractivity contribution in [3.63, 3.8) is 0 Å². The maximum Gasteiger partial charge on any atom is 0.185 e. The molecule has 0 unspecified atom stereocenters. The third-order valence-electron chi connectivity index (χ3n) is 2.61. The summed E-state index contributed by atoms with van der Waals surface area (Å²) in [5.41, 5.74) is 8.21. The first kappa shape index (κ1) is 12.5. The molecule has 0 saturated carbocycles. The first-order valence-corrected chi connectivity index (χ1v) is 7.41. The van der Waals surface area contributed by atoms with Crippen molar-refractivity contribution in [1.82, 2.24) is 4.98 Å². The summed E-state index contributed by atoms with van der Waals surface area (Å²) in [4.78, 5) is 8.04. The van der Waals surface area contributed by atoms with E-state index >= 15 is 0 Å². The van der Waals surface area contributed by atoms with Gasteiger partial charge in [-0.15, -0.1) is 11.3 Å². The molecule has 0 aliphatic rings. The molecule has 2 N–H and O–H groups in total. The third kappa shape index (κ3) is 2.86. The molecule has 0 aromatic carbocycles. The fourth-order valence-corrected chi connectivity index (χ4v) is 3.34. The fourth-order valence-electron chi connectivity index (χ4n) is 1.69. The molecule has 0 atom stereocenters. The number of rotatable bonds is 5. The van der Waals surface area contributed by atoms with Crippen molar-refractivity contribution in [2.24, 2.45) is 5.73 Å². The van der Waals surface area contributed by atoms with Crippen LogP contribution in [0.15, 0.2) is 16.8 Å². The predicted octanol–water partition coefficient (Wildman–Crippen LogP) is 2.86. The van der Waals surface area contributed by atoms with Crippen molar-refractivity contribution in [1.29, 1.82) is 0 Å². The molecule has 2 aromatic heterocycles. The first-order chi connectivity index (χ1) is 8.24. The zero-order valence-electron chi connectivity index (χ0n) is 10.1. The summed E-state index contributed by atoms with van der Waals surface area (Å²) in [7, 11) is 2.08. The van der Waals surface area contributed by atoms with Gasteiger partial charge in [0, 0.05) is 25.0 Å². The number of aryl methyl sites for hydroxylation is 1. The highest BCUT2D eigenvalue weighted by molar-refractivity contribution is 7.15. The van der Waals surface area contributed by atoms with Crippen LogP contribution < -0.4 is 10.6 Å². The second kappa shape index (κ2) is 5.62. The van der Waals surface area contributed by atoms with Gasteiger partial charge in [-0.2, -0.15) is 11.3 Å². The Morgan fingerprint density at radius 1 is 1.47 bits per heavy atom. The first-order valence-electron chi connectivity index (χ1n) is 5.65. The lowest BCUT2D eigenvalue weighted by molar-refractivity contribution is 0.903. The molecule has 2 heterocycles. The normalized spacial score (nSPS) is 10.8. The quantitative estimate of drug-likeness (QED) is 0.905. The molecule has 0 saturated heterocycles. The van der Waals surface area contributed by atoms with Crippen molar-refractivity contribution < 1.29 is 0 Å². The lowest BCUT2D eigenvalue weighted by Gasteiger charge is -2.14. The van der Waals surface area contributed by atoms with Crippen molar-refractivity contribution in [3.8, 4) is 0 Å². The maximum atomic E-state index is 5.73. The highest BCUT2D eigenvalue weighted by Crippen LogP contribution is 2.27. The highest BCUT2D eigenvalue weighted by Gasteiger charge is 2.12. The minimum atomic E-state index is 0.590. The van der Waals surface area contributed by atoms with E-state index in [4.69, 9.17) is 5.73 Å². The number of nitrogens with two attached hydrogens (primary N) is 1. The van der Waals surface area contributed by atoms with Gasteiger partial charge in [0.2, 0.25) is 0 Å². The van der Waals surface area contributed by atoms with Crippen molar-refractivity contribution >= 4 is 27.8 Å². The van der Waals surface area contributed by atoms with Crippen LogP contribution >= 0.6 is 22.7 Å². The van der Waals surface area contributed by atoms with Gasteiger partial charge in [-0.05, 0) is 28.8 Å². The zero-order valence-corrected chi connectivity index (χ0v) is 11.8. The molecular weight excluding hydrogens is 250 g/mol. The molecular formula is C12H17N3S2. The summed E-state index contributed by atoms with van der Waals surface area (Å²) in [6.07, 6.45) is 0.954. The largest absolute Gasteiger partial charge is 0.347 e. The summed E-state index contributed by atoms with van der Waals surface area (Å²) in [5.74, 6) is 0. The number of aromatic nitrogens is 1. The van der Waals surface area contributed by atoms with Gasteiger partial charge < -0.3 is 10.6 Å². The topological polar surface area (TPSA) is 42.2 Å². The van der Waals surface area contributed by atoms with E-state index in [9.17, 15) is 0 Å². The van der Waals surface area contributed by atoms with Crippen LogP contribution in [0, 0.1) is 0 Å². The minimum absolute atomic E-state index is 0.590. The average molecular weight is 267 g/mol. The van der Waals surface area contributed by atoms with Crippen molar-refractivity contribution in [2.45, 2.75) is 26.4 Å². The summed E-state index contributed by atoms with van der Waals surface area (Å²) in [6.45, 7) is 3.62. The molecule has 92 valence electrons. The highest BCUT2D eigenvalue weighted by atomic mass is 32.1. The lowest BCUT2D eigenvalue weighted by Crippen LogP contribution is -2.15. The smallest absolute Gasteiger partial charge is 0.185 e. The average Bonchev–Trinajstić information content (AvgIpc) is 2.96. The fraction of sp³-hybridized carbons (Fsp3) is 0.417. The van der Waals surface area contributed by atoms with E-state index in [1.54, 1.807) is 22.7 Å². The lowest BCUT2D eigenvalue weighted by atomic mass is 10.3. The molecule has 2 rings (SSSR count). The number of hydrogen-bond acceptors (Lipinski definition) is 5. The molecule has 0 fully saturated rings. The summed E-state index contributed by atoms with van der Waals surface area (Å²) < 4.78 is 0. The number of hydrogen-bond donors (Lipinski definition) is 1. The second-order valence-corrected chi connectivity index (χ2v) is 5.75. The molecule has 0 spiro atoms. The molecule has 0 aliphatic carbocycles. The second-order valence-electron chi connectivity index (χ2n) is 3.91. The monoisotopic (exact) mass is 267 g/mol. The van der Waals surface area contributed by atoms with Gasteiger partial charge in [0.15, 0.2) is 5.13 Å². The van der Waals surface area contributed by atoms with Crippen LogP contribution in [0.1, 0.15) is 23.1 Å². The van der Waals surface area contributed by atoms with Crippen LogP contribution in [0.5, 0.6) is 0 Å². The zero-order chi connectivity index (χ0) is 12.3. The van der Waals surface area contributed by atoms with E-state index < -0.39 is 0 Å². The molecule has 17 heavy (non-hydrogen) atoms. The Kier molecular flexibility index (Phi) is 4.15. The molecule has 0 radical (unpaired) electrons. The third-order valence-corrected chi connectivity index (χ3v) is 4.58.